The summed E-state index contributed by atoms with van der Waals surface area (Å²) in [6.45, 7) is 6.19. The molecule has 122 valence electrons. The molecule has 3 heterocycles. The number of hydrogen-bond donors (Lipinski definition) is 2. The number of aromatic nitrogens is 4. The molecule has 8 heteroatoms. The number of nitrogens with zero attached hydrogens (tertiary/aromatic N) is 3. The second-order valence-electron chi connectivity index (χ2n) is 5.53. The monoisotopic (exact) mass is 317 g/mol. The number of nitrogens with one attached hydrogen (secondary N) is 2. The van der Waals surface area contributed by atoms with E-state index in [1.54, 1.807) is 0 Å². The van der Waals surface area contributed by atoms with Gasteiger partial charge in [0.25, 0.3) is 5.56 Å². The van der Waals surface area contributed by atoms with Gasteiger partial charge in [-0.1, -0.05) is 6.92 Å². The molecule has 1 atom stereocenters. The number of H-pyrrole nitrogens is 2. The summed E-state index contributed by atoms with van der Waals surface area (Å²) in [7, 11) is 0. The van der Waals surface area contributed by atoms with Crippen molar-refractivity contribution in [3.05, 3.63) is 38.8 Å². The predicted octanol–water partition coefficient (Wildman–Crippen LogP) is 0.444. The van der Waals surface area contributed by atoms with E-state index in [2.05, 4.69) is 32.0 Å². The summed E-state index contributed by atoms with van der Waals surface area (Å²) in [6.07, 6.45) is 2.50. The van der Waals surface area contributed by atoms with Gasteiger partial charge in [-0.15, -0.1) is 5.10 Å². The maximum atomic E-state index is 11.9. The highest BCUT2D eigenvalue weighted by Crippen LogP contribution is 2.24. The second-order valence-corrected chi connectivity index (χ2v) is 5.53. The number of morpholine rings is 1. The molecule has 0 aromatic carbocycles. The van der Waals surface area contributed by atoms with E-state index >= 15 is 0 Å². The number of rotatable bonds is 3. The molecule has 2 aromatic heterocycles. The van der Waals surface area contributed by atoms with Crippen LogP contribution in [0.1, 0.15) is 19.0 Å². The first-order valence-corrected chi connectivity index (χ1v) is 7.61. The Kier molecular flexibility index (Phi) is 4.24. The van der Waals surface area contributed by atoms with Crippen molar-refractivity contribution in [3.8, 4) is 11.3 Å². The average molecular weight is 317 g/mol. The third kappa shape index (κ3) is 3.16. The van der Waals surface area contributed by atoms with Gasteiger partial charge in [0.2, 0.25) is 0 Å². The highest BCUT2D eigenvalue weighted by atomic mass is 16.5. The third-order valence-electron chi connectivity index (χ3n) is 3.98. The molecule has 3 rings (SSSR count). The van der Waals surface area contributed by atoms with Crippen LogP contribution in [0, 0.1) is 6.92 Å². The molecule has 0 amide bonds. The standard InChI is InChI=1S/C15H19N5O3/c1-3-10-8-20(4-5-23-10)13-6-12(19-18-9(13)2)11-7-16-15(22)17-14(11)21/h6-7,10H,3-5,8H2,1-2H3,(H2,16,17,21,22)/t10-/m0/s1. The summed E-state index contributed by atoms with van der Waals surface area (Å²) >= 11 is 0. The molecule has 2 N–H and O–H groups in total. The quantitative estimate of drug-likeness (QED) is 0.851. The van der Waals surface area contributed by atoms with Crippen LogP contribution in [0.5, 0.6) is 0 Å². The largest absolute Gasteiger partial charge is 0.375 e. The first kappa shape index (κ1) is 15.4. The number of aryl methyl sites for hydroxylation is 1. The Morgan fingerprint density at radius 1 is 1.39 bits per heavy atom. The summed E-state index contributed by atoms with van der Waals surface area (Å²) in [5.41, 5.74) is 1.43. The van der Waals surface area contributed by atoms with Crippen LogP contribution >= 0.6 is 0 Å². The second kappa shape index (κ2) is 6.33. The normalized spacial score (nSPS) is 18.2. The minimum atomic E-state index is -0.544. The molecule has 0 spiro atoms. The topological polar surface area (TPSA) is 104 Å². The molecule has 1 aliphatic rings. The van der Waals surface area contributed by atoms with Gasteiger partial charge in [-0.05, 0) is 19.4 Å². The zero-order chi connectivity index (χ0) is 16.4. The van der Waals surface area contributed by atoms with E-state index in [1.807, 2.05) is 13.0 Å². The lowest BCUT2D eigenvalue weighted by Crippen LogP contribution is -2.42. The molecule has 0 radical (unpaired) electrons. The van der Waals surface area contributed by atoms with Crippen LogP contribution in [0.2, 0.25) is 0 Å². The van der Waals surface area contributed by atoms with Gasteiger partial charge in [0.1, 0.15) is 5.69 Å². The summed E-state index contributed by atoms with van der Waals surface area (Å²) < 4.78 is 5.69. The molecule has 2 aromatic rings. The van der Waals surface area contributed by atoms with E-state index in [0.29, 0.717) is 17.9 Å². The Labute approximate surface area is 132 Å². The first-order valence-electron chi connectivity index (χ1n) is 7.61. The lowest BCUT2D eigenvalue weighted by Gasteiger charge is -2.34. The molecule has 1 saturated heterocycles. The molecule has 1 fully saturated rings. The van der Waals surface area contributed by atoms with Crippen molar-refractivity contribution in [1.82, 2.24) is 20.2 Å². The van der Waals surface area contributed by atoms with Crippen molar-refractivity contribution in [2.24, 2.45) is 0 Å². The summed E-state index contributed by atoms with van der Waals surface area (Å²) in [5.74, 6) is 0. The maximum absolute atomic E-state index is 11.9. The van der Waals surface area contributed by atoms with Crippen molar-refractivity contribution >= 4 is 5.69 Å². The minimum absolute atomic E-state index is 0.191. The van der Waals surface area contributed by atoms with E-state index < -0.39 is 11.2 Å². The van der Waals surface area contributed by atoms with Crippen LogP contribution in [0.3, 0.4) is 0 Å². The van der Waals surface area contributed by atoms with Crippen molar-refractivity contribution in [2.45, 2.75) is 26.4 Å². The van der Waals surface area contributed by atoms with Gasteiger partial charge in [0.05, 0.1) is 29.7 Å². The smallest absolute Gasteiger partial charge is 0.325 e. The molecule has 0 bridgehead atoms. The molecule has 8 nitrogen and oxygen atoms in total. The fourth-order valence-corrected chi connectivity index (χ4v) is 2.68. The zero-order valence-corrected chi connectivity index (χ0v) is 13.1. The first-order chi connectivity index (χ1) is 11.1. The molecule has 1 aliphatic heterocycles. The molecule has 23 heavy (non-hydrogen) atoms. The SMILES string of the molecule is CC[C@H]1CN(c2cc(-c3c[nH]c(=O)[nH]c3=O)nnc2C)CCO1. The van der Waals surface area contributed by atoms with E-state index in [4.69, 9.17) is 4.74 Å². The van der Waals surface area contributed by atoms with Crippen LogP contribution < -0.4 is 16.1 Å². The predicted molar refractivity (Wildman–Crippen MR) is 85.7 cm³/mol. The van der Waals surface area contributed by atoms with E-state index in [0.717, 1.165) is 30.9 Å². The van der Waals surface area contributed by atoms with Gasteiger partial charge in [-0.2, -0.15) is 5.10 Å². The summed E-state index contributed by atoms with van der Waals surface area (Å²) in [5, 5.41) is 8.25. The fourth-order valence-electron chi connectivity index (χ4n) is 2.68. The number of ether oxygens (including phenoxy) is 1. The Hall–Kier alpha value is -2.48. The maximum Gasteiger partial charge on any atom is 0.325 e. The summed E-state index contributed by atoms with van der Waals surface area (Å²) in [6, 6.07) is 1.84. The van der Waals surface area contributed by atoms with Gasteiger partial charge in [-0.3, -0.25) is 9.78 Å². The van der Waals surface area contributed by atoms with Crippen LogP contribution in [0.15, 0.2) is 21.9 Å². The highest BCUT2D eigenvalue weighted by molar-refractivity contribution is 5.64. The van der Waals surface area contributed by atoms with Gasteiger partial charge < -0.3 is 14.6 Å². The van der Waals surface area contributed by atoms with Crippen LogP contribution in [-0.2, 0) is 4.74 Å². The van der Waals surface area contributed by atoms with Gasteiger partial charge >= 0.3 is 5.69 Å². The molecule has 0 saturated carbocycles. The Morgan fingerprint density at radius 2 is 2.22 bits per heavy atom. The van der Waals surface area contributed by atoms with Crippen molar-refractivity contribution < 1.29 is 4.74 Å². The van der Waals surface area contributed by atoms with Crippen molar-refractivity contribution in [2.75, 3.05) is 24.6 Å². The molecule has 0 unspecified atom stereocenters. The van der Waals surface area contributed by atoms with E-state index in [1.165, 1.54) is 6.20 Å². The Morgan fingerprint density at radius 3 is 2.96 bits per heavy atom. The van der Waals surface area contributed by atoms with Crippen molar-refractivity contribution in [3.63, 3.8) is 0 Å². The van der Waals surface area contributed by atoms with Gasteiger partial charge in [0, 0.05) is 19.3 Å². The number of aromatic amines is 2. The molecular weight excluding hydrogens is 298 g/mol. The minimum Gasteiger partial charge on any atom is -0.375 e. The molecule has 0 aliphatic carbocycles. The van der Waals surface area contributed by atoms with Crippen LogP contribution in [-0.4, -0.2) is 46.0 Å². The Balaban J connectivity index is 1.99. The van der Waals surface area contributed by atoms with E-state index in [-0.39, 0.29) is 6.10 Å². The van der Waals surface area contributed by atoms with Gasteiger partial charge in [-0.25, -0.2) is 4.79 Å². The summed E-state index contributed by atoms with van der Waals surface area (Å²) in [4.78, 5) is 29.9. The average Bonchev–Trinajstić information content (AvgIpc) is 2.56. The number of hydrogen-bond acceptors (Lipinski definition) is 6. The third-order valence-corrected chi connectivity index (χ3v) is 3.98. The molecular formula is C15H19N5O3. The number of anilines is 1. The fraction of sp³-hybridized carbons (Fsp3) is 0.467. The zero-order valence-electron chi connectivity index (χ0n) is 13.1. The van der Waals surface area contributed by atoms with E-state index in [9.17, 15) is 9.59 Å². The highest BCUT2D eigenvalue weighted by Gasteiger charge is 2.22. The van der Waals surface area contributed by atoms with Crippen LogP contribution in [0.4, 0.5) is 5.69 Å². The lowest BCUT2D eigenvalue weighted by atomic mass is 10.1. The Bertz CT molecular complexity index is 813. The van der Waals surface area contributed by atoms with Crippen molar-refractivity contribution in [1.29, 1.82) is 0 Å². The van der Waals surface area contributed by atoms with Crippen LogP contribution in [0.25, 0.3) is 11.3 Å². The van der Waals surface area contributed by atoms with Gasteiger partial charge in [0.15, 0.2) is 0 Å². The lowest BCUT2D eigenvalue weighted by molar-refractivity contribution is 0.0384.